The fourth-order valence-corrected chi connectivity index (χ4v) is 2.72. The Bertz CT molecular complexity index is 247. The maximum Gasteiger partial charge on any atom is 0.320 e. The van der Waals surface area contributed by atoms with Gasteiger partial charge in [0.2, 0.25) is 0 Å². The topological polar surface area (TPSA) is 38.3 Å². The molecule has 0 saturated heterocycles. The van der Waals surface area contributed by atoms with E-state index in [0.29, 0.717) is 12.6 Å². The van der Waals surface area contributed by atoms with Crippen LogP contribution in [0.25, 0.3) is 0 Å². The molecule has 2 unspecified atom stereocenters. The molecule has 1 N–H and O–H groups in total. The Morgan fingerprint density at radius 2 is 1.71 bits per heavy atom. The lowest BCUT2D eigenvalue weighted by Gasteiger charge is -2.32. The molecule has 1 saturated carbocycles. The summed E-state index contributed by atoms with van der Waals surface area (Å²) >= 11 is 0. The first kappa shape index (κ1) is 14.5. The zero-order valence-electron chi connectivity index (χ0n) is 11.9. The van der Waals surface area contributed by atoms with Crippen LogP contribution in [0.4, 0.5) is 0 Å². The number of hydrogen-bond acceptors (Lipinski definition) is 3. The van der Waals surface area contributed by atoms with Crippen LogP contribution in [-0.4, -0.2) is 24.2 Å². The van der Waals surface area contributed by atoms with Gasteiger partial charge in [-0.2, -0.15) is 0 Å². The average Bonchev–Trinajstić information content (AvgIpc) is 2.10. The van der Waals surface area contributed by atoms with E-state index >= 15 is 0 Å². The lowest BCUT2D eigenvalue weighted by molar-refractivity contribution is -0.153. The van der Waals surface area contributed by atoms with Crippen molar-refractivity contribution < 1.29 is 9.53 Å². The van der Waals surface area contributed by atoms with Gasteiger partial charge >= 0.3 is 5.97 Å². The highest BCUT2D eigenvalue weighted by Gasteiger charge is 2.24. The maximum atomic E-state index is 11.6. The molecule has 1 rings (SSSR count). The largest absolute Gasteiger partial charge is 0.459 e. The smallest absolute Gasteiger partial charge is 0.320 e. The Hall–Kier alpha value is -0.570. The Labute approximate surface area is 105 Å². The van der Waals surface area contributed by atoms with Crippen molar-refractivity contribution in [3.8, 4) is 0 Å². The van der Waals surface area contributed by atoms with Gasteiger partial charge < -0.3 is 10.1 Å². The van der Waals surface area contributed by atoms with E-state index in [1.54, 1.807) is 0 Å². The van der Waals surface area contributed by atoms with E-state index in [4.69, 9.17) is 4.74 Å². The third kappa shape index (κ3) is 6.06. The molecule has 100 valence electrons. The summed E-state index contributed by atoms with van der Waals surface area (Å²) in [5.74, 6) is 1.37. The average molecular weight is 241 g/mol. The number of nitrogens with one attached hydrogen (secondary N) is 1. The standard InChI is InChI=1S/C14H27NO2/c1-10-6-11(2)8-12(7-10)15-9-13(16)17-14(3,4)5/h10-12,15H,6-9H2,1-5H3. The summed E-state index contributed by atoms with van der Waals surface area (Å²) in [4.78, 5) is 11.6. The van der Waals surface area contributed by atoms with E-state index in [1.165, 1.54) is 19.3 Å². The number of hydrogen-bond donors (Lipinski definition) is 1. The monoisotopic (exact) mass is 241 g/mol. The number of carbonyl (C=O) groups is 1. The van der Waals surface area contributed by atoms with Gasteiger partial charge in [-0.1, -0.05) is 13.8 Å². The molecule has 0 aromatic heterocycles. The molecule has 0 bridgehead atoms. The molecule has 2 atom stereocenters. The predicted molar refractivity (Wildman–Crippen MR) is 69.8 cm³/mol. The summed E-state index contributed by atoms with van der Waals surface area (Å²) in [6.45, 7) is 10.6. The Morgan fingerprint density at radius 3 is 2.18 bits per heavy atom. The van der Waals surface area contributed by atoms with Gasteiger partial charge in [-0.25, -0.2) is 0 Å². The highest BCUT2D eigenvalue weighted by atomic mass is 16.6. The van der Waals surface area contributed by atoms with Crippen molar-refractivity contribution in [2.75, 3.05) is 6.54 Å². The van der Waals surface area contributed by atoms with E-state index in [-0.39, 0.29) is 11.6 Å². The molecule has 1 aliphatic carbocycles. The molecule has 3 heteroatoms. The van der Waals surface area contributed by atoms with Crippen molar-refractivity contribution in [3.05, 3.63) is 0 Å². The number of esters is 1. The highest BCUT2D eigenvalue weighted by molar-refractivity contribution is 5.72. The normalized spacial score (nSPS) is 30.1. The van der Waals surface area contributed by atoms with Crippen molar-refractivity contribution >= 4 is 5.97 Å². The fourth-order valence-electron chi connectivity index (χ4n) is 2.72. The van der Waals surface area contributed by atoms with Crippen LogP contribution in [0.2, 0.25) is 0 Å². The van der Waals surface area contributed by atoms with Crippen molar-refractivity contribution in [1.29, 1.82) is 0 Å². The Balaban J connectivity index is 2.28. The van der Waals surface area contributed by atoms with Gasteiger partial charge in [0, 0.05) is 6.04 Å². The van der Waals surface area contributed by atoms with E-state index in [2.05, 4.69) is 19.2 Å². The van der Waals surface area contributed by atoms with Crippen molar-refractivity contribution in [2.45, 2.75) is 65.5 Å². The minimum atomic E-state index is -0.383. The van der Waals surface area contributed by atoms with Crippen LogP contribution < -0.4 is 5.32 Å². The minimum Gasteiger partial charge on any atom is -0.459 e. The molecule has 1 fully saturated rings. The molecule has 0 aromatic rings. The molecular formula is C14H27NO2. The lowest BCUT2D eigenvalue weighted by atomic mass is 9.80. The van der Waals surface area contributed by atoms with Crippen LogP contribution in [0, 0.1) is 11.8 Å². The van der Waals surface area contributed by atoms with Crippen LogP contribution >= 0.6 is 0 Å². The maximum absolute atomic E-state index is 11.6. The quantitative estimate of drug-likeness (QED) is 0.772. The first-order chi connectivity index (χ1) is 7.76. The zero-order valence-corrected chi connectivity index (χ0v) is 11.9. The predicted octanol–water partition coefficient (Wildman–Crippen LogP) is 2.74. The van der Waals surface area contributed by atoms with Gasteiger partial charge in [0.25, 0.3) is 0 Å². The van der Waals surface area contributed by atoms with E-state index in [0.717, 1.165) is 11.8 Å². The van der Waals surface area contributed by atoms with Gasteiger partial charge in [-0.05, 0) is 51.9 Å². The summed E-state index contributed by atoms with van der Waals surface area (Å²) < 4.78 is 5.28. The summed E-state index contributed by atoms with van der Waals surface area (Å²) in [6, 6.07) is 0.473. The van der Waals surface area contributed by atoms with Crippen LogP contribution in [-0.2, 0) is 9.53 Å². The van der Waals surface area contributed by atoms with Gasteiger partial charge in [-0.3, -0.25) is 4.79 Å². The van der Waals surface area contributed by atoms with Gasteiger partial charge in [0.1, 0.15) is 5.60 Å². The molecule has 0 amide bonds. The molecule has 0 spiro atoms. The van der Waals surface area contributed by atoms with E-state index in [1.807, 2.05) is 20.8 Å². The van der Waals surface area contributed by atoms with E-state index < -0.39 is 0 Å². The number of carbonyl (C=O) groups excluding carboxylic acids is 1. The fraction of sp³-hybridized carbons (Fsp3) is 0.929. The summed E-state index contributed by atoms with van der Waals surface area (Å²) in [5.41, 5.74) is -0.383. The molecule has 0 heterocycles. The lowest BCUT2D eigenvalue weighted by Crippen LogP contribution is -2.40. The van der Waals surface area contributed by atoms with Crippen LogP contribution in [0.15, 0.2) is 0 Å². The zero-order chi connectivity index (χ0) is 13.1. The third-order valence-electron chi connectivity index (χ3n) is 3.13. The number of rotatable bonds is 3. The summed E-state index contributed by atoms with van der Waals surface area (Å²) in [5, 5.41) is 3.33. The second-order valence-electron chi connectivity index (χ2n) is 6.58. The molecule has 1 aliphatic rings. The second kappa shape index (κ2) is 5.85. The van der Waals surface area contributed by atoms with Gasteiger partial charge in [0.05, 0.1) is 6.54 Å². The second-order valence-corrected chi connectivity index (χ2v) is 6.58. The SMILES string of the molecule is CC1CC(C)CC(NCC(=O)OC(C)(C)C)C1. The third-order valence-corrected chi connectivity index (χ3v) is 3.13. The molecule has 0 radical (unpaired) electrons. The van der Waals surface area contributed by atoms with Crippen molar-refractivity contribution in [2.24, 2.45) is 11.8 Å². The summed E-state index contributed by atoms with van der Waals surface area (Å²) in [6.07, 6.45) is 3.66. The molecule has 0 aliphatic heterocycles. The first-order valence-corrected chi connectivity index (χ1v) is 6.71. The highest BCUT2D eigenvalue weighted by Crippen LogP contribution is 2.28. The first-order valence-electron chi connectivity index (χ1n) is 6.71. The molecular weight excluding hydrogens is 214 g/mol. The van der Waals surface area contributed by atoms with Crippen LogP contribution in [0.1, 0.15) is 53.9 Å². The Kier molecular flexibility index (Phi) is 4.99. The molecule has 17 heavy (non-hydrogen) atoms. The van der Waals surface area contributed by atoms with E-state index in [9.17, 15) is 4.79 Å². The van der Waals surface area contributed by atoms with Crippen LogP contribution in [0.3, 0.4) is 0 Å². The summed E-state index contributed by atoms with van der Waals surface area (Å²) in [7, 11) is 0. The Morgan fingerprint density at radius 1 is 1.18 bits per heavy atom. The van der Waals surface area contributed by atoms with Crippen LogP contribution in [0.5, 0.6) is 0 Å². The molecule has 3 nitrogen and oxygen atoms in total. The number of ether oxygens (including phenoxy) is 1. The van der Waals surface area contributed by atoms with Crippen molar-refractivity contribution in [3.63, 3.8) is 0 Å². The molecule has 0 aromatic carbocycles. The van der Waals surface area contributed by atoms with Crippen molar-refractivity contribution in [1.82, 2.24) is 5.32 Å². The minimum absolute atomic E-state index is 0.150. The van der Waals surface area contributed by atoms with Gasteiger partial charge in [-0.15, -0.1) is 0 Å². The van der Waals surface area contributed by atoms with Gasteiger partial charge in [0.15, 0.2) is 0 Å².